The molecule has 0 aliphatic rings. The van der Waals surface area contributed by atoms with Gasteiger partial charge in [0.15, 0.2) is 0 Å². The molecule has 0 aliphatic heterocycles. The highest BCUT2D eigenvalue weighted by atomic mass is 16.5. The molecule has 0 radical (unpaired) electrons. The van der Waals surface area contributed by atoms with Gasteiger partial charge in [0.25, 0.3) is 0 Å². The molecule has 1 unspecified atom stereocenters. The lowest BCUT2D eigenvalue weighted by atomic mass is 9.84. The highest BCUT2D eigenvalue weighted by Crippen LogP contribution is 2.24. The van der Waals surface area contributed by atoms with E-state index < -0.39 is 0 Å². The molecule has 3 nitrogen and oxygen atoms in total. The van der Waals surface area contributed by atoms with Gasteiger partial charge in [0.1, 0.15) is 5.75 Å². The van der Waals surface area contributed by atoms with Crippen molar-refractivity contribution in [3.05, 3.63) is 29.8 Å². The second kappa shape index (κ2) is 9.06. The summed E-state index contributed by atoms with van der Waals surface area (Å²) in [6, 6.07) is 8.37. The highest BCUT2D eigenvalue weighted by molar-refractivity contribution is 5.27. The predicted octanol–water partition coefficient (Wildman–Crippen LogP) is 3.54. The first-order valence-electron chi connectivity index (χ1n) is 8.05. The Morgan fingerprint density at radius 1 is 1.19 bits per heavy atom. The van der Waals surface area contributed by atoms with E-state index in [4.69, 9.17) is 4.74 Å². The normalized spacial score (nSPS) is 14.2. The Labute approximate surface area is 130 Å². The summed E-state index contributed by atoms with van der Waals surface area (Å²) in [6.07, 6.45) is 2.49. The maximum Gasteiger partial charge on any atom is 0.118 e. The van der Waals surface area contributed by atoms with Crippen molar-refractivity contribution in [1.29, 1.82) is 0 Å². The van der Waals surface area contributed by atoms with E-state index in [2.05, 4.69) is 50.2 Å². The van der Waals surface area contributed by atoms with Gasteiger partial charge in [-0.3, -0.25) is 0 Å². The monoisotopic (exact) mass is 292 g/mol. The van der Waals surface area contributed by atoms with Gasteiger partial charge in [0.2, 0.25) is 0 Å². The molecule has 1 rings (SSSR count). The summed E-state index contributed by atoms with van der Waals surface area (Å²) in [5.41, 5.74) is 1.67. The van der Waals surface area contributed by atoms with Gasteiger partial charge in [0, 0.05) is 19.6 Å². The lowest BCUT2D eigenvalue weighted by molar-refractivity contribution is 0.169. The molecule has 120 valence electrons. The molecule has 0 saturated heterocycles. The summed E-state index contributed by atoms with van der Waals surface area (Å²) >= 11 is 0. The zero-order valence-corrected chi connectivity index (χ0v) is 14.4. The Kier molecular flexibility index (Phi) is 7.76. The number of hydrogen-bond donors (Lipinski definition) is 1. The molecule has 0 saturated carbocycles. The molecule has 1 atom stereocenters. The van der Waals surface area contributed by atoms with Crippen LogP contribution in [0, 0.1) is 5.41 Å². The van der Waals surface area contributed by atoms with Crippen LogP contribution in [0.15, 0.2) is 24.3 Å². The molecule has 0 aliphatic carbocycles. The Hall–Kier alpha value is -1.06. The molecular weight excluding hydrogens is 260 g/mol. The van der Waals surface area contributed by atoms with E-state index in [0.717, 1.165) is 31.9 Å². The number of hydrogen-bond acceptors (Lipinski definition) is 3. The minimum Gasteiger partial charge on any atom is -0.497 e. The molecule has 0 fully saturated rings. The smallest absolute Gasteiger partial charge is 0.118 e. The number of benzene rings is 1. The average molecular weight is 292 g/mol. The lowest BCUT2D eigenvalue weighted by Gasteiger charge is -2.34. The molecule has 1 N–H and O–H groups in total. The number of nitrogens with zero attached hydrogens (tertiary/aromatic N) is 1. The Morgan fingerprint density at radius 2 is 1.86 bits per heavy atom. The van der Waals surface area contributed by atoms with E-state index in [1.807, 2.05) is 12.1 Å². The fourth-order valence-corrected chi connectivity index (χ4v) is 3.00. The topological polar surface area (TPSA) is 24.5 Å². The van der Waals surface area contributed by atoms with Crippen molar-refractivity contribution >= 4 is 0 Å². The van der Waals surface area contributed by atoms with Crippen LogP contribution >= 0.6 is 0 Å². The van der Waals surface area contributed by atoms with Gasteiger partial charge in [-0.2, -0.15) is 0 Å². The molecule has 0 bridgehead atoms. The summed E-state index contributed by atoms with van der Waals surface area (Å²) in [6.45, 7) is 11.1. The average Bonchev–Trinajstić information content (AvgIpc) is 2.46. The summed E-state index contributed by atoms with van der Waals surface area (Å²) in [4.78, 5) is 2.43. The molecule has 3 heteroatoms. The Bertz CT molecular complexity index is 391. The van der Waals surface area contributed by atoms with Crippen LogP contribution in [0.3, 0.4) is 0 Å². The first-order valence-corrected chi connectivity index (χ1v) is 8.05. The maximum absolute atomic E-state index is 5.21. The molecule has 0 aromatic heterocycles. The van der Waals surface area contributed by atoms with Gasteiger partial charge in [0.05, 0.1) is 7.11 Å². The molecule has 21 heavy (non-hydrogen) atoms. The molecule has 0 amide bonds. The van der Waals surface area contributed by atoms with Crippen LogP contribution in [-0.4, -0.2) is 38.7 Å². The summed E-state index contributed by atoms with van der Waals surface area (Å²) in [5.74, 6) is 0.921. The fraction of sp³-hybridized carbons (Fsp3) is 0.667. The van der Waals surface area contributed by atoms with Crippen molar-refractivity contribution in [2.75, 3.05) is 33.8 Å². The number of nitrogens with one attached hydrogen (secondary N) is 1. The summed E-state index contributed by atoms with van der Waals surface area (Å²) in [7, 11) is 3.92. The van der Waals surface area contributed by atoms with Gasteiger partial charge in [-0.1, -0.05) is 39.3 Å². The van der Waals surface area contributed by atoms with E-state index in [9.17, 15) is 0 Å². The highest BCUT2D eigenvalue weighted by Gasteiger charge is 2.24. The van der Waals surface area contributed by atoms with Crippen molar-refractivity contribution in [3.63, 3.8) is 0 Å². The Balaban J connectivity index is 2.57. The zero-order valence-electron chi connectivity index (χ0n) is 14.4. The SMILES string of the molecule is CCCC(C)(CNCC)CN(C)Cc1ccc(OC)cc1. The second-order valence-corrected chi connectivity index (χ2v) is 6.36. The first-order chi connectivity index (χ1) is 10.0. The van der Waals surface area contributed by atoms with Gasteiger partial charge in [-0.15, -0.1) is 0 Å². The van der Waals surface area contributed by atoms with Gasteiger partial charge in [-0.25, -0.2) is 0 Å². The van der Waals surface area contributed by atoms with Crippen LogP contribution in [0.1, 0.15) is 39.2 Å². The third-order valence-corrected chi connectivity index (χ3v) is 3.92. The summed E-state index contributed by atoms with van der Waals surface area (Å²) in [5, 5.41) is 3.51. The van der Waals surface area contributed by atoms with Crippen LogP contribution in [0.4, 0.5) is 0 Å². The molecular formula is C18H32N2O. The second-order valence-electron chi connectivity index (χ2n) is 6.36. The van der Waals surface area contributed by atoms with Crippen molar-refractivity contribution in [2.45, 2.75) is 40.2 Å². The van der Waals surface area contributed by atoms with Gasteiger partial charge < -0.3 is 15.0 Å². The van der Waals surface area contributed by atoms with E-state index in [0.29, 0.717) is 5.41 Å². The van der Waals surface area contributed by atoms with E-state index >= 15 is 0 Å². The largest absolute Gasteiger partial charge is 0.497 e. The zero-order chi connectivity index (χ0) is 15.7. The maximum atomic E-state index is 5.21. The van der Waals surface area contributed by atoms with Crippen LogP contribution in [0.2, 0.25) is 0 Å². The Morgan fingerprint density at radius 3 is 2.38 bits per heavy atom. The third-order valence-electron chi connectivity index (χ3n) is 3.92. The fourth-order valence-electron chi connectivity index (χ4n) is 3.00. The standard InChI is InChI=1S/C18H32N2O/c1-6-12-18(3,14-19-7-2)15-20(4)13-16-8-10-17(21-5)11-9-16/h8-11,19H,6-7,12-15H2,1-5H3. The van der Waals surface area contributed by atoms with Crippen molar-refractivity contribution in [3.8, 4) is 5.75 Å². The molecule has 1 aromatic rings. The van der Waals surface area contributed by atoms with Crippen molar-refractivity contribution < 1.29 is 4.74 Å². The van der Waals surface area contributed by atoms with Gasteiger partial charge in [-0.05, 0) is 43.1 Å². The molecule has 0 heterocycles. The van der Waals surface area contributed by atoms with Crippen LogP contribution < -0.4 is 10.1 Å². The van der Waals surface area contributed by atoms with Crippen LogP contribution in [-0.2, 0) is 6.54 Å². The molecule has 1 aromatic carbocycles. The number of rotatable bonds is 10. The molecule has 0 spiro atoms. The minimum absolute atomic E-state index is 0.339. The summed E-state index contributed by atoms with van der Waals surface area (Å²) < 4.78 is 5.21. The van der Waals surface area contributed by atoms with E-state index in [1.54, 1.807) is 7.11 Å². The van der Waals surface area contributed by atoms with Gasteiger partial charge >= 0.3 is 0 Å². The van der Waals surface area contributed by atoms with Crippen molar-refractivity contribution in [2.24, 2.45) is 5.41 Å². The lowest BCUT2D eigenvalue weighted by Crippen LogP contribution is -2.40. The van der Waals surface area contributed by atoms with E-state index in [1.165, 1.54) is 18.4 Å². The van der Waals surface area contributed by atoms with Crippen molar-refractivity contribution in [1.82, 2.24) is 10.2 Å². The number of methoxy groups -OCH3 is 1. The number of ether oxygens (including phenoxy) is 1. The first kappa shape index (κ1) is 18.0. The quantitative estimate of drug-likeness (QED) is 0.714. The van der Waals surface area contributed by atoms with Crippen LogP contribution in [0.5, 0.6) is 5.75 Å². The predicted molar refractivity (Wildman–Crippen MR) is 90.9 cm³/mol. The van der Waals surface area contributed by atoms with E-state index in [-0.39, 0.29) is 0 Å². The van der Waals surface area contributed by atoms with Crippen LogP contribution in [0.25, 0.3) is 0 Å². The minimum atomic E-state index is 0.339. The third kappa shape index (κ3) is 6.49.